The fraction of sp³-hybridized carbons (Fsp3) is 0.700. The van der Waals surface area contributed by atoms with Gasteiger partial charge in [0.05, 0.1) is 0 Å². The molecule has 2 heterocycles. The second-order valence-corrected chi connectivity index (χ2v) is 4.99. The predicted octanol–water partition coefficient (Wildman–Crippen LogP) is 0.516. The SMILES string of the molecule is Cn1cnc([N+](=O)[O-])c1N1CCNC(C)(C)C1. The summed E-state index contributed by atoms with van der Waals surface area (Å²) in [6, 6.07) is 0. The smallest absolute Gasteiger partial charge is 0.358 e. The number of aromatic nitrogens is 2. The van der Waals surface area contributed by atoms with Crippen LogP contribution in [0.1, 0.15) is 13.8 Å². The molecule has 1 fully saturated rings. The van der Waals surface area contributed by atoms with Gasteiger partial charge in [-0.1, -0.05) is 0 Å². The highest BCUT2D eigenvalue weighted by atomic mass is 16.6. The summed E-state index contributed by atoms with van der Waals surface area (Å²) in [6.07, 6.45) is 1.49. The Morgan fingerprint density at radius 3 is 2.88 bits per heavy atom. The van der Waals surface area contributed by atoms with Gasteiger partial charge in [0.15, 0.2) is 0 Å². The molecule has 0 atom stereocenters. The second-order valence-electron chi connectivity index (χ2n) is 4.99. The third-order valence-corrected chi connectivity index (χ3v) is 2.93. The van der Waals surface area contributed by atoms with Crippen LogP contribution in [0.2, 0.25) is 0 Å². The molecule has 1 aromatic heterocycles. The number of anilines is 1. The predicted molar refractivity (Wildman–Crippen MR) is 64.2 cm³/mol. The molecule has 0 aromatic carbocycles. The Hall–Kier alpha value is -1.63. The zero-order chi connectivity index (χ0) is 12.6. The van der Waals surface area contributed by atoms with Crippen LogP contribution in [-0.2, 0) is 7.05 Å². The summed E-state index contributed by atoms with van der Waals surface area (Å²) in [5.74, 6) is 0.523. The van der Waals surface area contributed by atoms with Crippen LogP contribution in [0.3, 0.4) is 0 Å². The summed E-state index contributed by atoms with van der Waals surface area (Å²) in [5.41, 5.74) is -0.0452. The minimum atomic E-state index is -0.426. The Balaban J connectivity index is 2.33. The van der Waals surface area contributed by atoms with Crippen molar-refractivity contribution in [1.82, 2.24) is 14.9 Å². The number of piperazine rings is 1. The zero-order valence-corrected chi connectivity index (χ0v) is 10.3. The van der Waals surface area contributed by atoms with E-state index in [9.17, 15) is 10.1 Å². The Kier molecular flexibility index (Phi) is 2.78. The highest BCUT2D eigenvalue weighted by Gasteiger charge is 2.32. The first-order valence-corrected chi connectivity index (χ1v) is 5.56. The van der Waals surface area contributed by atoms with Gasteiger partial charge in [-0.3, -0.25) is 4.57 Å². The van der Waals surface area contributed by atoms with Crippen LogP contribution in [0.4, 0.5) is 11.6 Å². The van der Waals surface area contributed by atoms with Crippen LogP contribution in [0.25, 0.3) is 0 Å². The topological polar surface area (TPSA) is 76.2 Å². The molecule has 0 amide bonds. The summed E-state index contributed by atoms with van der Waals surface area (Å²) in [4.78, 5) is 16.4. The van der Waals surface area contributed by atoms with Crippen molar-refractivity contribution in [2.24, 2.45) is 7.05 Å². The van der Waals surface area contributed by atoms with Crippen molar-refractivity contribution in [3.63, 3.8) is 0 Å². The van der Waals surface area contributed by atoms with Crippen LogP contribution in [-0.4, -0.2) is 39.6 Å². The normalized spacial score (nSPS) is 19.4. The van der Waals surface area contributed by atoms with Gasteiger partial charge >= 0.3 is 5.82 Å². The van der Waals surface area contributed by atoms with Gasteiger partial charge in [-0.05, 0) is 23.8 Å². The van der Waals surface area contributed by atoms with E-state index < -0.39 is 4.92 Å². The lowest BCUT2D eigenvalue weighted by molar-refractivity contribution is -0.388. The maximum atomic E-state index is 10.9. The Labute approximate surface area is 99.6 Å². The van der Waals surface area contributed by atoms with E-state index in [1.54, 1.807) is 11.6 Å². The molecule has 0 saturated carbocycles. The second kappa shape index (κ2) is 3.99. The molecule has 7 heteroatoms. The number of hydrogen-bond donors (Lipinski definition) is 1. The first-order chi connectivity index (χ1) is 7.91. The summed E-state index contributed by atoms with van der Waals surface area (Å²) in [5, 5.41) is 14.3. The summed E-state index contributed by atoms with van der Waals surface area (Å²) in [6.45, 7) is 6.47. The molecule has 17 heavy (non-hydrogen) atoms. The molecule has 1 aliphatic heterocycles. The quantitative estimate of drug-likeness (QED) is 0.601. The minimum absolute atomic E-state index is 0.0452. The molecule has 0 unspecified atom stereocenters. The van der Waals surface area contributed by atoms with E-state index in [0.29, 0.717) is 5.82 Å². The lowest BCUT2D eigenvalue weighted by atomic mass is 10.0. The minimum Gasteiger partial charge on any atom is -0.358 e. The molecule has 0 aliphatic carbocycles. The van der Waals surface area contributed by atoms with Crippen molar-refractivity contribution < 1.29 is 4.92 Å². The maximum absolute atomic E-state index is 10.9. The number of nitrogens with zero attached hydrogens (tertiary/aromatic N) is 4. The number of nitro groups is 1. The molecule has 7 nitrogen and oxygen atoms in total. The summed E-state index contributed by atoms with van der Waals surface area (Å²) >= 11 is 0. The van der Waals surface area contributed by atoms with Crippen molar-refractivity contribution in [2.75, 3.05) is 24.5 Å². The molecule has 1 saturated heterocycles. The highest BCUT2D eigenvalue weighted by molar-refractivity contribution is 5.55. The van der Waals surface area contributed by atoms with Gasteiger partial charge in [0.25, 0.3) is 0 Å². The molecular formula is C10H17N5O2. The number of aryl methyl sites for hydroxylation is 1. The first-order valence-electron chi connectivity index (χ1n) is 5.56. The number of imidazole rings is 1. The van der Waals surface area contributed by atoms with Crippen LogP contribution >= 0.6 is 0 Å². The van der Waals surface area contributed by atoms with Crippen molar-refractivity contribution >= 4 is 11.6 Å². The van der Waals surface area contributed by atoms with E-state index in [2.05, 4.69) is 24.1 Å². The van der Waals surface area contributed by atoms with E-state index in [4.69, 9.17) is 0 Å². The molecular weight excluding hydrogens is 222 g/mol. The fourth-order valence-corrected chi connectivity index (χ4v) is 2.23. The lowest BCUT2D eigenvalue weighted by Gasteiger charge is -2.39. The van der Waals surface area contributed by atoms with Gasteiger partial charge in [0.1, 0.15) is 0 Å². The molecule has 1 N–H and O–H groups in total. The van der Waals surface area contributed by atoms with Crippen molar-refractivity contribution in [3.05, 3.63) is 16.4 Å². The van der Waals surface area contributed by atoms with Gasteiger partial charge in [-0.15, -0.1) is 0 Å². The van der Waals surface area contributed by atoms with Gasteiger partial charge in [-0.25, -0.2) is 0 Å². The fourth-order valence-electron chi connectivity index (χ4n) is 2.23. The Morgan fingerprint density at radius 1 is 1.59 bits per heavy atom. The summed E-state index contributed by atoms with van der Waals surface area (Å²) < 4.78 is 1.71. The maximum Gasteiger partial charge on any atom is 0.406 e. The largest absolute Gasteiger partial charge is 0.406 e. The Bertz CT molecular complexity index is 440. The molecule has 0 bridgehead atoms. The van der Waals surface area contributed by atoms with Crippen LogP contribution in [0.5, 0.6) is 0 Å². The van der Waals surface area contributed by atoms with Crippen molar-refractivity contribution in [3.8, 4) is 0 Å². The lowest BCUT2D eigenvalue weighted by Crippen LogP contribution is -2.57. The van der Waals surface area contributed by atoms with Crippen LogP contribution in [0, 0.1) is 10.1 Å². The van der Waals surface area contributed by atoms with Crippen LogP contribution in [0.15, 0.2) is 6.33 Å². The Morgan fingerprint density at radius 2 is 2.29 bits per heavy atom. The average Bonchev–Trinajstić information content (AvgIpc) is 2.58. The third kappa shape index (κ3) is 2.23. The average molecular weight is 239 g/mol. The van der Waals surface area contributed by atoms with Gasteiger partial charge < -0.3 is 20.3 Å². The standard InChI is InChI=1S/C10H17N5O2/c1-10(2)6-14(5-4-12-10)9-8(15(16)17)11-7-13(9)3/h7,12H,4-6H2,1-3H3. The first kappa shape index (κ1) is 11.8. The van der Waals surface area contributed by atoms with Gasteiger partial charge in [-0.2, -0.15) is 0 Å². The third-order valence-electron chi connectivity index (χ3n) is 2.93. The van der Waals surface area contributed by atoms with Crippen LogP contribution < -0.4 is 10.2 Å². The molecule has 0 spiro atoms. The van der Waals surface area contributed by atoms with E-state index in [-0.39, 0.29) is 11.4 Å². The van der Waals surface area contributed by atoms with Gasteiger partial charge in [0.2, 0.25) is 12.1 Å². The van der Waals surface area contributed by atoms with Crippen molar-refractivity contribution in [1.29, 1.82) is 0 Å². The number of rotatable bonds is 2. The number of hydrogen-bond acceptors (Lipinski definition) is 5. The molecule has 0 radical (unpaired) electrons. The molecule has 1 aromatic rings. The summed E-state index contributed by atoms with van der Waals surface area (Å²) in [7, 11) is 1.78. The van der Waals surface area contributed by atoms with E-state index >= 15 is 0 Å². The number of nitrogens with one attached hydrogen (secondary N) is 1. The van der Waals surface area contributed by atoms with E-state index in [1.165, 1.54) is 6.33 Å². The zero-order valence-electron chi connectivity index (χ0n) is 10.3. The van der Waals surface area contributed by atoms with Crippen molar-refractivity contribution in [2.45, 2.75) is 19.4 Å². The van der Waals surface area contributed by atoms with Gasteiger partial charge in [0, 0.05) is 32.2 Å². The molecule has 94 valence electrons. The molecule has 1 aliphatic rings. The van der Waals surface area contributed by atoms with E-state index in [1.807, 2.05) is 4.90 Å². The monoisotopic (exact) mass is 239 g/mol. The van der Waals surface area contributed by atoms with E-state index in [0.717, 1.165) is 19.6 Å². The highest BCUT2D eigenvalue weighted by Crippen LogP contribution is 2.28. The molecule has 2 rings (SSSR count).